The molecule has 0 bridgehead atoms. The Hall–Kier alpha value is -1.71. The Kier molecular flexibility index (Phi) is 5.90. The Morgan fingerprint density at radius 1 is 1.57 bits per heavy atom. The first-order chi connectivity index (χ1) is 10.2. The van der Waals surface area contributed by atoms with E-state index < -0.39 is 5.91 Å². The van der Waals surface area contributed by atoms with Gasteiger partial charge in [0, 0.05) is 25.0 Å². The van der Waals surface area contributed by atoms with Gasteiger partial charge in [-0.1, -0.05) is 5.16 Å². The number of nitrogens with zero attached hydrogens (tertiary/aromatic N) is 3. The number of carbonyl (C=O) groups is 1. The summed E-state index contributed by atoms with van der Waals surface area (Å²) in [5.74, 6) is -0.454. The topological polar surface area (TPSA) is 113 Å². The Labute approximate surface area is 126 Å². The van der Waals surface area contributed by atoms with Crippen LogP contribution in [0.5, 0.6) is 0 Å². The second kappa shape index (κ2) is 7.91. The van der Waals surface area contributed by atoms with E-state index in [1.807, 2.05) is 0 Å². The van der Waals surface area contributed by atoms with E-state index in [2.05, 4.69) is 20.4 Å². The van der Waals surface area contributed by atoms with Gasteiger partial charge in [-0.3, -0.25) is 9.69 Å². The molecule has 1 amide bonds. The van der Waals surface area contributed by atoms with Gasteiger partial charge in [0.2, 0.25) is 0 Å². The molecule has 0 aliphatic carbocycles. The lowest BCUT2D eigenvalue weighted by Gasteiger charge is -2.26. The summed E-state index contributed by atoms with van der Waals surface area (Å²) >= 11 is 1.19. The summed E-state index contributed by atoms with van der Waals surface area (Å²) in [4.78, 5) is 18.1. The molecule has 0 saturated carbocycles. The summed E-state index contributed by atoms with van der Waals surface area (Å²) < 4.78 is 5.27. The molecule has 1 aliphatic heterocycles. The molecule has 2 heterocycles. The molecule has 0 aromatic carbocycles. The fourth-order valence-corrected chi connectivity index (χ4v) is 2.57. The maximum atomic E-state index is 11.9. The van der Waals surface area contributed by atoms with Gasteiger partial charge in [-0.15, -0.1) is 11.3 Å². The summed E-state index contributed by atoms with van der Waals surface area (Å²) in [6, 6.07) is 0. The number of nitrogen functional groups attached to an aromatic ring is 1. The Balaban J connectivity index is 1.73. The standard InChI is InChI=1S/C12H19N5O3S/c13-12-15-9(8-21-12)10(16-19)11(18)14-2-1-3-17-4-6-20-7-5-17/h8,19H,1-7H2,(H2,13,15)(H,14,18)/b16-10+. The number of carbonyl (C=O) groups excluding carboxylic acids is 1. The number of nitrogens with one attached hydrogen (secondary N) is 1. The highest BCUT2D eigenvalue weighted by Crippen LogP contribution is 2.12. The van der Waals surface area contributed by atoms with E-state index in [9.17, 15) is 4.79 Å². The highest BCUT2D eigenvalue weighted by molar-refractivity contribution is 7.13. The molecule has 1 aliphatic rings. The lowest BCUT2D eigenvalue weighted by Crippen LogP contribution is -2.39. The minimum atomic E-state index is -0.454. The van der Waals surface area contributed by atoms with Gasteiger partial charge < -0.3 is 21.0 Å². The number of nitrogens with two attached hydrogens (primary N) is 1. The van der Waals surface area contributed by atoms with Gasteiger partial charge in [-0.05, 0) is 13.0 Å². The number of aromatic nitrogens is 1. The van der Waals surface area contributed by atoms with Crippen LogP contribution >= 0.6 is 11.3 Å². The van der Waals surface area contributed by atoms with Crippen LogP contribution in [0.1, 0.15) is 12.1 Å². The maximum absolute atomic E-state index is 11.9. The molecule has 8 nitrogen and oxygen atoms in total. The first-order valence-corrected chi connectivity index (χ1v) is 7.60. The number of hydrogen-bond acceptors (Lipinski definition) is 8. The molecule has 0 spiro atoms. The average Bonchev–Trinajstić information content (AvgIpc) is 2.92. The monoisotopic (exact) mass is 313 g/mol. The summed E-state index contributed by atoms with van der Waals surface area (Å²) in [6.07, 6.45) is 0.823. The highest BCUT2D eigenvalue weighted by Gasteiger charge is 2.17. The van der Waals surface area contributed by atoms with E-state index in [0.717, 1.165) is 39.3 Å². The number of amides is 1. The molecule has 9 heteroatoms. The molecular formula is C12H19N5O3S. The molecule has 1 aromatic heterocycles. The van der Waals surface area contributed by atoms with Crippen LogP contribution in [0.25, 0.3) is 0 Å². The van der Waals surface area contributed by atoms with Crippen molar-refractivity contribution in [3.63, 3.8) is 0 Å². The van der Waals surface area contributed by atoms with E-state index in [1.165, 1.54) is 11.3 Å². The zero-order chi connectivity index (χ0) is 15.1. The molecule has 1 aromatic rings. The second-order valence-corrected chi connectivity index (χ2v) is 5.47. The molecule has 0 atom stereocenters. The van der Waals surface area contributed by atoms with Gasteiger partial charge in [0.1, 0.15) is 5.69 Å². The van der Waals surface area contributed by atoms with Gasteiger partial charge >= 0.3 is 0 Å². The average molecular weight is 313 g/mol. The van der Waals surface area contributed by atoms with Crippen LogP contribution in [-0.4, -0.2) is 66.1 Å². The lowest BCUT2D eigenvalue weighted by atomic mass is 10.2. The number of oxime groups is 1. The van der Waals surface area contributed by atoms with Gasteiger partial charge in [0.05, 0.1) is 13.2 Å². The number of ether oxygens (including phenoxy) is 1. The smallest absolute Gasteiger partial charge is 0.275 e. The van der Waals surface area contributed by atoms with Crippen LogP contribution in [0.4, 0.5) is 5.13 Å². The molecule has 21 heavy (non-hydrogen) atoms. The van der Waals surface area contributed by atoms with Crippen LogP contribution in [-0.2, 0) is 9.53 Å². The van der Waals surface area contributed by atoms with Gasteiger partial charge in [-0.2, -0.15) is 0 Å². The van der Waals surface area contributed by atoms with E-state index in [1.54, 1.807) is 5.38 Å². The summed E-state index contributed by atoms with van der Waals surface area (Å²) in [5, 5.41) is 16.6. The third-order valence-corrected chi connectivity index (χ3v) is 3.79. The molecule has 116 valence electrons. The van der Waals surface area contributed by atoms with Crippen LogP contribution in [0.15, 0.2) is 10.5 Å². The summed E-state index contributed by atoms with van der Waals surface area (Å²) in [5.41, 5.74) is 5.67. The minimum Gasteiger partial charge on any atom is -0.410 e. The lowest BCUT2D eigenvalue weighted by molar-refractivity contribution is -0.114. The maximum Gasteiger partial charge on any atom is 0.275 e. The van der Waals surface area contributed by atoms with Crippen LogP contribution in [0, 0.1) is 0 Å². The molecular weight excluding hydrogens is 294 g/mol. The van der Waals surface area contributed by atoms with Crippen molar-refractivity contribution >= 4 is 28.1 Å². The predicted molar refractivity (Wildman–Crippen MR) is 79.7 cm³/mol. The van der Waals surface area contributed by atoms with E-state index in [4.69, 9.17) is 15.7 Å². The number of morpholine rings is 1. The predicted octanol–water partition coefficient (Wildman–Crippen LogP) is -0.258. The summed E-state index contributed by atoms with van der Waals surface area (Å²) in [7, 11) is 0. The van der Waals surface area contributed by atoms with Crippen molar-refractivity contribution in [2.45, 2.75) is 6.42 Å². The van der Waals surface area contributed by atoms with Crippen molar-refractivity contribution in [3.05, 3.63) is 11.1 Å². The fraction of sp³-hybridized carbons (Fsp3) is 0.583. The molecule has 2 rings (SSSR count). The summed E-state index contributed by atoms with van der Waals surface area (Å²) in [6.45, 7) is 4.79. The zero-order valence-corrected chi connectivity index (χ0v) is 12.4. The van der Waals surface area contributed by atoms with Crippen LogP contribution in [0.2, 0.25) is 0 Å². The molecule has 1 saturated heterocycles. The van der Waals surface area contributed by atoms with E-state index >= 15 is 0 Å². The number of hydrogen-bond donors (Lipinski definition) is 3. The fourth-order valence-electron chi connectivity index (χ4n) is 2.02. The minimum absolute atomic E-state index is 0.116. The van der Waals surface area contributed by atoms with Gasteiger partial charge in [-0.25, -0.2) is 4.98 Å². The van der Waals surface area contributed by atoms with Crippen LogP contribution < -0.4 is 11.1 Å². The number of anilines is 1. The molecule has 0 unspecified atom stereocenters. The molecule has 0 radical (unpaired) electrons. The first-order valence-electron chi connectivity index (χ1n) is 6.72. The van der Waals surface area contributed by atoms with E-state index in [0.29, 0.717) is 11.7 Å². The zero-order valence-electron chi connectivity index (χ0n) is 11.6. The van der Waals surface area contributed by atoms with Crippen molar-refractivity contribution in [2.24, 2.45) is 5.16 Å². The Bertz CT molecular complexity index is 499. The Morgan fingerprint density at radius 3 is 2.95 bits per heavy atom. The molecule has 1 fully saturated rings. The third-order valence-electron chi connectivity index (χ3n) is 3.12. The second-order valence-electron chi connectivity index (χ2n) is 4.58. The third kappa shape index (κ3) is 4.66. The van der Waals surface area contributed by atoms with E-state index in [-0.39, 0.29) is 11.4 Å². The number of rotatable bonds is 6. The van der Waals surface area contributed by atoms with Crippen molar-refractivity contribution in [2.75, 3.05) is 45.1 Å². The SMILES string of the molecule is Nc1nc(/C(=N\O)C(=O)NCCCN2CCOCC2)cs1. The van der Waals surface area contributed by atoms with Crippen molar-refractivity contribution < 1.29 is 14.7 Å². The van der Waals surface area contributed by atoms with Gasteiger partial charge in [0.25, 0.3) is 5.91 Å². The number of thiazole rings is 1. The first kappa shape index (κ1) is 15.7. The van der Waals surface area contributed by atoms with Gasteiger partial charge in [0.15, 0.2) is 10.8 Å². The quantitative estimate of drug-likeness (QED) is 0.289. The van der Waals surface area contributed by atoms with Crippen molar-refractivity contribution in [3.8, 4) is 0 Å². The van der Waals surface area contributed by atoms with Crippen LogP contribution in [0.3, 0.4) is 0 Å². The molecule has 4 N–H and O–H groups in total. The van der Waals surface area contributed by atoms with Crippen molar-refractivity contribution in [1.82, 2.24) is 15.2 Å². The largest absolute Gasteiger partial charge is 0.410 e. The van der Waals surface area contributed by atoms with Crippen molar-refractivity contribution in [1.29, 1.82) is 0 Å². The normalized spacial score (nSPS) is 16.9. The Morgan fingerprint density at radius 2 is 2.33 bits per heavy atom. The highest BCUT2D eigenvalue weighted by atomic mass is 32.1.